The Morgan fingerprint density at radius 1 is 1.00 bits per heavy atom. The molecule has 0 fully saturated rings. The third-order valence-electron chi connectivity index (χ3n) is 2.70. The molecule has 21 heavy (non-hydrogen) atoms. The highest BCUT2D eigenvalue weighted by atomic mass is 16.4. The van der Waals surface area contributed by atoms with Crippen molar-refractivity contribution in [2.75, 3.05) is 13.1 Å². The first kappa shape index (κ1) is 19.2. The zero-order valence-electron chi connectivity index (χ0n) is 13.1. The average Bonchev–Trinajstić information content (AvgIpc) is 2.31. The van der Waals surface area contributed by atoms with Crippen LogP contribution in [0.4, 0.5) is 4.79 Å². The number of rotatable bonds is 9. The third-order valence-corrected chi connectivity index (χ3v) is 2.70. The summed E-state index contributed by atoms with van der Waals surface area (Å²) in [5.74, 6) is -1.79. The zero-order valence-corrected chi connectivity index (χ0v) is 13.1. The molecule has 0 aliphatic rings. The number of carbonyl (C=O) groups excluding carboxylic acids is 1. The molecule has 0 aromatic rings. The van der Waals surface area contributed by atoms with E-state index in [4.69, 9.17) is 10.2 Å². The lowest BCUT2D eigenvalue weighted by Crippen LogP contribution is -2.50. The summed E-state index contributed by atoms with van der Waals surface area (Å²) in [5.41, 5.74) is 0. The van der Waals surface area contributed by atoms with Gasteiger partial charge in [0.25, 0.3) is 0 Å². The van der Waals surface area contributed by atoms with Crippen molar-refractivity contribution in [2.24, 2.45) is 11.8 Å². The van der Waals surface area contributed by atoms with Crippen molar-refractivity contribution >= 4 is 18.0 Å². The van der Waals surface area contributed by atoms with Gasteiger partial charge in [0.2, 0.25) is 0 Å². The SMILES string of the molecule is CC(C)CN(CC(C)C)C(=O)NC(CCC(=O)O)C(=O)O. The summed E-state index contributed by atoms with van der Waals surface area (Å²) in [5, 5.41) is 20.1. The second-order valence-electron chi connectivity index (χ2n) is 5.97. The van der Waals surface area contributed by atoms with Crippen LogP contribution in [0, 0.1) is 11.8 Å². The van der Waals surface area contributed by atoms with Crippen molar-refractivity contribution in [3.63, 3.8) is 0 Å². The number of hydrogen-bond donors (Lipinski definition) is 3. The number of urea groups is 1. The van der Waals surface area contributed by atoms with Crippen LogP contribution in [0.2, 0.25) is 0 Å². The van der Waals surface area contributed by atoms with E-state index in [0.717, 1.165) is 0 Å². The molecule has 0 aliphatic heterocycles. The Bertz CT molecular complexity index is 358. The van der Waals surface area contributed by atoms with Crippen molar-refractivity contribution in [1.29, 1.82) is 0 Å². The van der Waals surface area contributed by atoms with E-state index in [9.17, 15) is 14.4 Å². The van der Waals surface area contributed by atoms with E-state index < -0.39 is 24.0 Å². The highest BCUT2D eigenvalue weighted by Crippen LogP contribution is 2.06. The predicted molar refractivity (Wildman–Crippen MR) is 78.1 cm³/mol. The molecule has 1 unspecified atom stereocenters. The van der Waals surface area contributed by atoms with Crippen LogP contribution in [0.3, 0.4) is 0 Å². The molecular formula is C14H26N2O5. The van der Waals surface area contributed by atoms with Crippen molar-refractivity contribution in [3.05, 3.63) is 0 Å². The number of carboxylic acids is 2. The standard InChI is InChI=1S/C14H26N2O5/c1-9(2)7-16(8-10(3)4)14(21)15-11(13(19)20)5-6-12(17)18/h9-11H,5-8H2,1-4H3,(H,15,21)(H,17,18)(H,19,20). The summed E-state index contributed by atoms with van der Waals surface area (Å²) in [6.07, 6.45) is -0.431. The number of hydrogen-bond acceptors (Lipinski definition) is 3. The van der Waals surface area contributed by atoms with Crippen LogP contribution in [0.5, 0.6) is 0 Å². The molecular weight excluding hydrogens is 276 g/mol. The van der Waals surface area contributed by atoms with Crippen LogP contribution in [0.25, 0.3) is 0 Å². The zero-order chi connectivity index (χ0) is 16.6. The fraction of sp³-hybridized carbons (Fsp3) is 0.786. The Morgan fingerprint density at radius 2 is 1.48 bits per heavy atom. The van der Waals surface area contributed by atoms with E-state index in [1.807, 2.05) is 27.7 Å². The first-order valence-corrected chi connectivity index (χ1v) is 7.13. The van der Waals surface area contributed by atoms with Gasteiger partial charge in [-0.1, -0.05) is 27.7 Å². The Hall–Kier alpha value is -1.79. The van der Waals surface area contributed by atoms with Crippen LogP contribution in [-0.4, -0.2) is 52.2 Å². The molecule has 122 valence electrons. The maximum atomic E-state index is 12.2. The van der Waals surface area contributed by atoms with Crippen LogP contribution in [0.1, 0.15) is 40.5 Å². The molecule has 7 heteroatoms. The predicted octanol–water partition coefficient (Wildman–Crippen LogP) is 1.63. The fourth-order valence-electron chi connectivity index (χ4n) is 1.89. The van der Waals surface area contributed by atoms with Crippen molar-refractivity contribution in [3.8, 4) is 0 Å². The number of nitrogens with zero attached hydrogens (tertiary/aromatic N) is 1. The van der Waals surface area contributed by atoms with Crippen molar-refractivity contribution in [1.82, 2.24) is 10.2 Å². The van der Waals surface area contributed by atoms with Gasteiger partial charge in [0.15, 0.2) is 0 Å². The average molecular weight is 302 g/mol. The highest BCUT2D eigenvalue weighted by molar-refractivity contribution is 5.83. The summed E-state index contributed by atoms with van der Waals surface area (Å²) in [7, 11) is 0. The van der Waals surface area contributed by atoms with Crippen LogP contribution < -0.4 is 5.32 Å². The van der Waals surface area contributed by atoms with Crippen LogP contribution in [-0.2, 0) is 9.59 Å². The van der Waals surface area contributed by atoms with Gasteiger partial charge in [-0.25, -0.2) is 9.59 Å². The van der Waals surface area contributed by atoms with E-state index in [1.54, 1.807) is 4.90 Å². The van der Waals surface area contributed by atoms with E-state index in [2.05, 4.69) is 5.32 Å². The Balaban J connectivity index is 4.73. The Morgan fingerprint density at radius 3 is 1.81 bits per heavy atom. The van der Waals surface area contributed by atoms with E-state index >= 15 is 0 Å². The maximum Gasteiger partial charge on any atom is 0.326 e. The summed E-state index contributed by atoms with van der Waals surface area (Å²) in [4.78, 5) is 35.4. The quantitative estimate of drug-likeness (QED) is 0.600. The molecule has 1 atom stereocenters. The number of aliphatic carboxylic acids is 2. The third kappa shape index (κ3) is 8.88. The monoisotopic (exact) mass is 302 g/mol. The maximum absolute atomic E-state index is 12.2. The van der Waals surface area contributed by atoms with Gasteiger partial charge >= 0.3 is 18.0 Å². The molecule has 3 N–H and O–H groups in total. The van der Waals surface area contributed by atoms with Crippen LogP contribution >= 0.6 is 0 Å². The Labute approximate surface area is 125 Å². The molecule has 2 amide bonds. The normalized spacial score (nSPS) is 12.3. The molecule has 7 nitrogen and oxygen atoms in total. The number of carbonyl (C=O) groups is 3. The van der Waals surface area contributed by atoms with Gasteiger partial charge in [0, 0.05) is 19.5 Å². The summed E-state index contributed by atoms with van der Waals surface area (Å²) in [6, 6.07) is -1.65. The molecule has 0 radical (unpaired) electrons. The highest BCUT2D eigenvalue weighted by Gasteiger charge is 2.24. The number of carboxylic acid groups (broad SMARTS) is 2. The second-order valence-corrected chi connectivity index (χ2v) is 5.97. The number of nitrogens with one attached hydrogen (secondary N) is 1. The minimum Gasteiger partial charge on any atom is -0.481 e. The second kappa shape index (κ2) is 9.20. The molecule has 0 aliphatic carbocycles. The first-order chi connectivity index (χ1) is 9.63. The minimum absolute atomic E-state index is 0.131. The number of amides is 2. The van der Waals surface area contributed by atoms with Crippen molar-refractivity contribution in [2.45, 2.75) is 46.6 Å². The van der Waals surface area contributed by atoms with Gasteiger partial charge in [-0.2, -0.15) is 0 Å². The lowest BCUT2D eigenvalue weighted by molar-refractivity contribution is -0.140. The van der Waals surface area contributed by atoms with E-state index in [1.165, 1.54) is 0 Å². The molecule has 0 aromatic heterocycles. The van der Waals surface area contributed by atoms with E-state index in [-0.39, 0.29) is 24.7 Å². The summed E-state index contributed by atoms with van der Waals surface area (Å²) < 4.78 is 0. The molecule has 0 spiro atoms. The molecule has 0 heterocycles. The molecule has 0 bridgehead atoms. The van der Waals surface area contributed by atoms with Gasteiger partial charge in [0.1, 0.15) is 6.04 Å². The van der Waals surface area contributed by atoms with Gasteiger partial charge in [-0.15, -0.1) is 0 Å². The molecule has 0 saturated heterocycles. The van der Waals surface area contributed by atoms with Crippen LogP contribution in [0.15, 0.2) is 0 Å². The van der Waals surface area contributed by atoms with Crippen molar-refractivity contribution < 1.29 is 24.6 Å². The lowest BCUT2D eigenvalue weighted by atomic mass is 10.1. The molecule has 0 saturated carbocycles. The lowest BCUT2D eigenvalue weighted by Gasteiger charge is -2.28. The van der Waals surface area contributed by atoms with Gasteiger partial charge in [-0.05, 0) is 18.3 Å². The molecule has 0 aromatic carbocycles. The topological polar surface area (TPSA) is 107 Å². The van der Waals surface area contributed by atoms with Gasteiger partial charge in [-0.3, -0.25) is 4.79 Å². The first-order valence-electron chi connectivity index (χ1n) is 7.13. The van der Waals surface area contributed by atoms with Gasteiger partial charge in [0.05, 0.1) is 0 Å². The molecule has 0 rings (SSSR count). The summed E-state index contributed by atoms with van der Waals surface area (Å²) in [6.45, 7) is 8.93. The largest absolute Gasteiger partial charge is 0.481 e. The smallest absolute Gasteiger partial charge is 0.326 e. The minimum atomic E-state index is -1.22. The van der Waals surface area contributed by atoms with Gasteiger partial charge < -0.3 is 20.4 Å². The van der Waals surface area contributed by atoms with E-state index in [0.29, 0.717) is 13.1 Å². The Kier molecular flexibility index (Phi) is 8.42. The summed E-state index contributed by atoms with van der Waals surface area (Å²) >= 11 is 0. The fourth-order valence-corrected chi connectivity index (χ4v) is 1.89.